The third kappa shape index (κ3) is 4.75. The predicted octanol–water partition coefficient (Wildman–Crippen LogP) is 2.54. The number of hydrogen-bond donors (Lipinski definition) is 0. The Morgan fingerprint density at radius 3 is 1.70 bits per heavy atom. The Morgan fingerprint density at radius 2 is 1.30 bits per heavy atom. The maximum absolute atomic E-state index is 3.10. The van der Waals surface area contributed by atoms with Gasteiger partial charge < -0.3 is 9.80 Å². The van der Waals surface area contributed by atoms with Gasteiger partial charge in [-0.15, -0.1) is 0 Å². The molecule has 0 bridgehead atoms. The Morgan fingerprint density at radius 1 is 0.850 bits per heavy atom. The summed E-state index contributed by atoms with van der Waals surface area (Å²) in [6.45, 7) is 7.66. The number of rotatable bonds is 2. The zero-order valence-electron chi connectivity index (χ0n) is 12.2. The van der Waals surface area contributed by atoms with Crippen molar-refractivity contribution in [3.8, 4) is 23.7 Å². The van der Waals surface area contributed by atoms with Crippen molar-refractivity contribution in [1.29, 1.82) is 0 Å². The van der Waals surface area contributed by atoms with Crippen LogP contribution in [0.4, 0.5) is 0 Å². The fraction of sp³-hybridized carbons (Fsp3) is 0.333. The van der Waals surface area contributed by atoms with Crippen LogP contribution in [0.3, 0.4) is 0 Å². The fourth-order valence-corrected chi connectivity index (χ4v) is 2.10. The minimum absolute atomic E-state index is 0.738. The van der Waals surface area contributed by atoms with Gasteiger partial charge in [0, 0.05) is 25.5 Å². The third-order valence-corrected chi connectivity index (χ3v) is 3.06. The molecule has 0 radical (unpaired) electrons. The second-order valence-electron chi connectivity index (χ2n) is 5.12. The minimum Gasteiger partial charge on any atom is -0.362 e. The van der Waals surface area contributed by atoms with Gasteiger partial charge in [-0.25, -0.2) is 0 Å². The smallest absolute Gasteiger partial charge is 0.0802 e. The van der Waals surface area contributed by atoms with Crippen molar-refractivity contribution in [1.82, 2.24) is 9.80 Å². The molecular weight excluding hydrogens is 244 g/mol. The fourth-order valence-electron chi connectivity index (χ4n) is 2.10. The average molecular weight is 264 g/mol. The van der Waals surface area contributed by atoms with Crippen molar-refractivity contribution in [3.05, 3.63) is 47.9 Å². The topological polar surface area (TPSA) is 6.48 Å². The molecular formula is C18H20N2. The molecule has 0 saturated heterocycles. The van der Waals surface area contributed by atoms with Gasteiger partial charge in [0.2, 0.25) is 0 Å². The van der Waals surface area contributed by atoms with Crippen LogP contribution in [0.1, 0.15) is 13.8 Å². The second-order valence-corrected chi connectivity index (χ2v) is 5.12. The van der Waals surface area contributed by atoms with E-state index in [4.69, 9.17) is 0 Å². The lowest BCUT2D eigenvalue weighted by Gasteiger charge is -2.20. The first kappa shape index (κ1) is 14.1. The van der Waals surface area contributed by atoms with Gasteiger partial charge in [0.1, 0.15) is 0 Å². The van der Waals surface area contributed by atoms with Gasteiger partial charge in [-0.1, -0.05) is 35.1 Å². The highest BCUT2D eigenvalue weighted by molar-refractivity contribution is 5.28. The first-order chi connectivity index (χ1) is 9.74. The highest BCUT2D eigenvalue weighted by atomic mass is 15.1. The third-order valence-electron chi connectivity index (χ3n) is 3.06. The van der Waals surface area contributed by atoms with Crippen LogP contribution in [-0.4, -0.2) is 36.0 Å². The molecule has 0 amide bonds. The largest absolute Gasteiger partial charge is 0.362 e. The van der Waals surface area contributed by atoms with Crippen LogP contribution >= 0.6 is 0 Å². The number of hydrogen-bond acceptors (Lipinski definition) is 2. The summed E-state index contributed by atoms with van der Waals surface area (Å²) >= 11 is 0. The van der Waals surface area contributed by atoms with E-state index in [0.29, 0.717) is 0 Å². The molecule has 0 N–H and O–H groups in total. The standard InChI is InChI=1S/C18H20N2/c1-17-9-7-13-19(15-17)11-5-3-4-6-12-20-14-8-10-18(2)16-20/h7-10,13-14H,11-12,15-16H2,1-2H3. The van der Waals surface area contributed by atoms with Crippen molar-refractivity contribution in [2.45, 2.75) is 13.8 Å². The van der Waals surface area contributed by atoms with Gasteiger partial charge in [0.25, 0.3) is 0 Å². The quantitative estimate of drug-likeness (QED) is 0.707. The van der Waals surface area contributed by atoms with E-state index in [-0.39, 0.29) is 0 Å². The summed E-state index contributed by atoms with van der Waals surface area (Å²) in [5.41, 5.74) is 2.72. The highest BCUT2D eigenvalue weighted by Crippen LogP contribution is 2.05. The van der Waals surface area contributed by atoms with Gasteiger partial charge in [0.05, 0.1) is 13.1 Å². The Kier molecular flexibility index (Phi) is 5.15. The molecule has 0 spiro atoms. The van der Waals surface area contributed by atoms with Gasteiger partial charge in [-0.2, -0.15) is 0 Å². The molecule has 2 aliphatic rings. The molecule has 0 saturated carbocycles. The summed E-state index contributed by atoms with van der Waals surface area (Å²) in [5, 5.41) is 0. The lowest BCUT2D eigenvalue weighted by atomic mass is 10.2. The van der Waals surface area contributed by atoms with Crippen LogP contribution in [-0.2, 0) is 0 Å². The van der Waals surface area contributed by atoms with E-state index in [2.05, 4.69) is 84.0 Å². The maximum atomic E-state index is 3.10. The summed E-state index contributed by atoms with van der Waals surface area (Å²) in [6, 6.07) is 0. The van der Waals surface area contributed by atoms with E-state index in [1.807, 2.05) is 0 Å². The van der Waals surface area contributed by atoms with Crippen molar-refractivity contribution < 1.29 is 0 Å². The summed E-state index contributed by atoms with van der Waals surface area (Å²) in [7, 11) is 0. The van der Waals surface area contributed by atoms with E-state index in [9.17, 15) is 0 Å². The molecule has 0 unspecified atom stereocenters. The SMILES string of the molecule is CC1=CC=CN(CC#CC#CCN2C=CC=C(C)C2)C1. The van der Waals surface area contributed by atoms with E-state index in [0.717, 1.165) is 26.2 Å². The Hall–Kier alpha value is -2.32. The summed E-state index contributed by atoms with van der Waals surface area (Å²) in [6.07, 6.45) is 12.5. The Bertz CT molecular complexity index is 528. The molecule has 0 atom stereocenters. The summed E-state index contributed by atoms with van der Waals surface area (Å²) in [4.78, 5) is 4.37. The Balaban J connectivity index is 1.71. The molecule has 0 fully saturated rings. The van der Waals surface area contributed by atoms with E-state index >= 15 is 0 Å². The zero-order chi connectivity index (χ0) is 14.2. The molecule has 0 aromatic rings. The van der Waals surface area contributed by atoms with Gasteiger partial charge in [0.15, 0.2) is 0 Å². The normalized spacial score (nSPS) is 16.7. The van der Waals surface area contributed by atoms with Crippen molar-refractivity contribution >= 4 is 0 Å². The molecule has 102 valence electrons. The molecule has 2 nitrogen and oxygen atoms in total. The monoisotopic (exact) mass is 264 g/mol. The highest BCUT2D eigenvalue weighted by Gasteiger charge is 2.01. The number of nitrogens with zero attached hydrogens (tertiary/aromatic N) is 2. The van der Waals surface area contributed by atoms with Crippen LogP contribution in [0.25, 0.3) is 0 Å². The molecule has 20 heavy (non-hydrogen) atoms. The lowest BCUT2D eigenvalue weighted by molar-refractivity contribution is 0.452. The van der Waals surface area contributed by atoms with Crippen molar-refractivity contribution in [3.63, 3.8) is 0 Å². The molecule has 0 aliphatic carbocycles. The second kappa shape index (κ2) is 7.31. The van der Waals surface area contributed by atoms with Crippen LogP contribution < -0.4 is 0 Å². The lowest BCUT2D eigenvalue weighted by Crippen LogP contribution is -2.21. The Labute approximate surface area is 122 Å². The van der Waals surface area contributed by atoms with Gasteiger partial charge in [-0.3, -0.25) is 0 Å². The van der Waals surface area contributed by atoms with Crippen molar-refractivity contribution in [2.75, 3.05) is 26.2 Å². The van der Waals surface area contributed by atoms with E-state index < -0.39 is 0 Å². The van der Waals surface area contributed by atoms with Crippen LogP contribution in [0.15, 0.2) is 47.9 Å². The van der Waals surface area contributed by atoms with Crippen LogP contribution in [0, 0.1) is 23.7 Å². The van der Waals surface area contributed by atoms with Crippen molar-refractivity contribution in [2.24, 2.45) is 0 Å². The number of allylic oxidation sites excluding steroid dienone is 4. The first-order valence-electron chi connectivity index (χ1n) is 6.86. The van der Waals surface area contributed by atoms with E-state index in [1.54, 1.807) is 0 Å². The summed E-state index contributed by atoms with van der Waals surface area (Å²) in [5.74, 6) is 12.0. The van der Waals surface area contributed by atoms with Gasteiger partial charge in [-0.05, 0) is 37.8 Å². The first-order valence-corrected chi connectivity index (χ1v) is 6.86. The molecule has 2 heterocycles. The maximum Gasteiger partial charge on any atom is 0.0802 e. The minimum atomic E-state index is 0.738. The molecule has 0 aromatic carbocycles. The molecule has 2 aliphatic heterocycles. The van der Waals surface area contributed by atoms with Crippen LogP contribution in [0.5, 0.6) is 0 Å². The molecule has 0 aromatic heterocycles. The van der Waals surface area contributed by atoms with Gasteiger partial charge >= 0.3 is 0 Å². The van der Waals surface area contributed by atoms with Crippen LogP contribution in [0.2, 0.25) is 0 Å². The molecule has 2 heteroatoms. The average Bonchev–Trinajstić information content (AvgIpc) is 2.43. The molecule has 2 rings (SSSR count). The zero-order valence-corrected chi connectivity index (χ0v) is 12.2. The van der Waals surface area contributed by atoms with E-state index in [1.165, 1.54) is 11.1 Å². The summed E-state index contributed by atoms with van der Waals surface area (Å²) < 4.78 is 0. The predicted molar refractivity (Wildman–Crippen MR) is 84.5 cm³/mol.